The van der Waals surface area contributed by atoms with Gasteiger partial charge in [0.25, 0.3) is 0 Å². The van der Waals surface area contributed by atoms with Crippen LogP contribution in [-0.4, -0.2) is 47.9 Å². The molecule has 7 heteroatoms. The number of aromatic nitrogens is 1. The van der Waals surface area contributed by atoms with E-state index in [0.29, 0.717) is 24.4 Å². The number of nitrogens with one attached hydrogen (secondary N) is 2. The molecule has 0 unspecified atom stereocenters. The first kappa shape index (κ1) is 21.9. The maximum Gasteiger partial charge on any atom is 0.226 e. The summed E-state index contributed by atoms with van der Waals surface area (Å²) in [5.41, 5.74) is 1.78. The molecule has 1 aromatic heterocycles. The van der Waals surface area contributed by atoms with E-state index in [2.05, 4.69) is 34.5 Å². The second-order valence-corrected chi connectivity index (χ2v) is 7.69. The van der Waals surface area contributed by atoms with Gasteiger partial charge in [-0.15, -0.1) is 0 Å². The number of hydrogen-bond donors (Lipinski definition) is 2. The Balaban J connectivity index is 1.46. The number of benzene rings is 1. The number of amides is 1. The van der Waals surface area contributed by atoms with E-state index in [4.69, 9.17) is 4.42 Å². The summed E-state index contributed by atoms with van der Waals surface area (Å²) >= 11 is 0. The number of oxazole rings is 1. The van der Waals surface area contributed by atoms with Gasteiger partial charge < -0.3 is 20.0 Å². The molecule has 1 aliphatic heterocycles. The van der Waals surface area contributed by atoms with Crippen molar-refractivity contribution in [1.29, 1.82) is 0 Å². The normalized spacial score (nSPS) is 15.5. The minimum atomic E-state index is 0.159. The number of hydrogen-bond acceptors (Lipinski definition) is 4. The third-order valence-corrected chi connectivity index (χ3v) is 5.72. The Labute approximate surface area is 179 Å². The summed E-state index contributed by atoms with van der Waals surface area (Å²) in [7, 11) is 1.76. The van der Waals surface area contributed by atoms with Crippen LogP contribution in [0.4, 0.5) is 0 Å². The molecule has 0 aliphatic carbocycles. The zero-order valence-corrected chi connectivity index (χ0v) is 18.2. The van der Waals surface area contributed by atoms with Crippen LogP contribution in [0.2, 0.25) is 0 Å². The summed E-state index contributed by atoms with van der Waals surface area (Å²) in [6.45, 7) is 6.31. The Kier molecular flexibility index (Phi) is 7.88. The molecule has 1 fully saturated rings. The monoisotopic (exact) mass is 411 g/mol. The van der Waals surface area contributed by atoms with Crippen LogP contribution in [0.3, 0.4) is 0 Å². The Morgan fingerprint density at radius 1 is 1.23 bits per heavy atom. The second-order valence-electron chi connectivity index (χ2n) is 7.69. The smallest absolute Gasteiger partial charge is 0.226 e. The van der Waals surface area contributed by atoms with E-state index in [1.165, 1.54) is 0 Å². The van der Waals surface area contributed by atoms with Gasteiger partial charge in [0.1, 0.15) is 6.26 Å². The zero-order chi connectivity index (χ0) is 21.3. The Hall–Kier alpha value is -2.83. The molecule has 2 aromatic rings. The van der Waals surface area contributed by atoms with Gasteiger partial charge in [-0.1, -0.05) is 32.0 Å². The molecular formula is C23H33N5O2. The molecule has 7 nitrogen and oxygen atoms in total. The predicted molar refractivity (Wildman–Crippen MR) is 119 cm³/mol. The zero-order valence-electron chi connectivity index (χ0n) is 18.2. The van der Waals surface area contributed by atoms with Crippen molar-refractivity contribution in [2.24, 2.45) is 10.9 Å². The fourth-order valence-corrected chi connectivity index (χ4v) is 3.80. The number of carbonyl (C=O) groups is 1. The van der Waals surface area contributed by atoms with Crippen LogP contribution in [-0.2, 0) is 11.3 Å². The molecule has 2 heterocycles. The standard InChI is InChI=1S/C23H33N5O2/c1-4-17(5-2)22(29)28-13-11-19(12-14-28)27-23(24-3)25-15-20-16-30-21(26-20)18-9-7-6-8-10-18/h6-10,16-17,19H,4-5,11-15H2,1-3H3,(H2,24,25,27). The van der Waals surface area contributed by atoms with E-state index in [1.54, 1.807) is 13.3 Å². The fraction of sp³-hybridized carbons (Fsp3) is 0.522. The van der Waals surface area contributed by atoms with Crippen LogP contribution < -0.4 is 10.6 Å². The van der Waals surface area contributed by atoms with Crippen LogP contribution in [0.1, 0.15) is 45.2 Å². The molecule has 0 radical (unpaired) electrons. The van der Waals surface area contributed by atoms with Crippen LogP contribution in [0.15, 0.2) is 46.0 Å². The van der Waals surface area contributed by atoms with Crippen LogP contribution in [0, 0.1) is 5.92 Å². The summed E-state index contributed by atoms with van der Waals surface area (Å²) in [5, 5.41) is 6.78. The Morgan fingerprint density at radius 2 is 1.93 bits per heavy atom. The van der Waals surface area contributed by atoms with E-state index in [1.807, 2.05) is 35.2 Å². The first-order valence-electron chi connectivity index (χ1n) is 10.9. The molecular weight excluding hydrogens is 378 g/mol. The Bertz CT molecular complexity index is 821. The third-order valence-electron chi connectivity index (χ3n) is 5.72. The van der Waals surface area contributed by atoms with Gasteiger partial charge in [0.15, 0.2) is 5.96 Å². The molecule has 3 rings (SSSR count). The Morgan fingerprint density at radius 3 is 2.57 bits per heavy atom. The largest absolute Gasteiger partial charge is 0.444 e. The average Bonchev–Trinajstić information content (AvgIpc) is 3.27. The van der Waals surface area contributed by atoms with Crippen molar-refractivity contribution in [2.45, 2.75) is 52.1 Å². The highest BCUT2D eigenvalue weighted by Gasteiger charge is 2.26. The number of aliphatic imine (C=N–C) groups is 1. The van der Waals surface area contributed by atoms with Gasteiger partial charge in [0, 0.05) is 37.7 Å². The average molecular weight is 412 g/mol. The first-order valence-corrected chi connectivity index (χ1v) is 10.9. The minimum absolute atomic E-state index is 0.159. The van der Waals surface area contributed by atoms with E-state index >= 15 is 0 Å². The van der Waals surface area contributed by atoms with Crippen molar-refractivity contribution in [2.75, 3.05) is 20.1 Å². The molecule has 1 aromatic carbocycles. The molecule has 1 amide bonds. The molecule has 1 saturated heterocycles. The molecule has 0 spiro atoms. The van der Waals surface area contributed by atoms with E-state index < -0.39 is 0 Å². The molecule has 0 saturated carbocycles. The second kappa shape index (κ2) is 10.8. The summed E-state index contributed by atoms with van der Waals surface area (Å²) < 4.78 is 5.59. The lowest BCUT2D eigenvalue weighted by molar-refractivity contribution is -0.136. The van der Waals surface area contributed by atoms with Gasteiger partial charge in [-0.2, -0.15) is 0 Å². The number of guanidine groups is 1. The molecule has 0 bridgehead atoms. The fourth-order valence-electron chi connectivity index (χ4n) is 3.80. The summed E-state index contributed by atoms with van der Waals surface area (Å²) in [4.78, 5) is 23.4. The lowest BCUT2D eigenvalue weighted by Gasteiger charge is -2.34. The lowest BCUT2D eigenvalue weighted by atomic mass is 9.98. The van der Waals surface area contributed by atoms with Gasteiger partial charge in [-0.05, 0) is 37.8 Å². The van der Waals surface area contributed by atoms with Gasteiger partial charge in [-0.3, -0.25) is 9.79 Å². The minimum Gasteiger partial charge on any atom is -0.444 e. The number of carbonyl (C=O) groups excluding carboxylic acids is 1. The first-order chi connectivity index (χ1) is 14.6. The maximum atomic E-state index is 12.6. The highest BCUT2D eigenvalue weighted by atomic mass is 16.3. The quantitative estimate of drug-likeness (QED) is 0.539. The number of nitrogens with zero attached hydrogens (tertiary/aromatic N) is 3. The van der Waals surface area contributed by atoms with Crippen LogP contribution in [0.5, 0.6) is 0 Å². The van der Waals surface area contributed by atoms with E-state index in [9.17, 15) is 4.79 Å². The maximum absolute atomic E-state index is 12.6. The van der Waals surface area contributed by atoms with Crippen molar-refractivity contribution in [3.8, 4) is 11.5 Å². The van der Waals surface area contributed by atoms with E-state index in [-0.39, 0.29) is 5.92 Å². The summed E-state index contributed by atoms with van der Waals surface area (Å²) in [6, 6.07) is 10.2. The number of rotatable bonds is 7. The predicted octanol–water partition coefficient (Wildman–Crippen LogP) is 3.43. The van der Waals surface area contributed by atoms with Crippen molar-refractivity contribution in [3.05, 3.63) is 42.3 Å². The SMILES string of the molecule is CCC(CC)C(=O)N1CCC(NC(=NC)NCc2coc(-c3ccccc3)n2)CC1. The van der Waals surface area contributed by atoms with Crippen molar-refractivity contribution in [3.63, 3.8) is 0 Å². The number of likely N-dealkylation sites (tertiary alicyclic amines) is 1. The van der Waals surface area contributed by atoms with Crippen molar-refractivity contribution in [1.82, 2.24) is 20.5 Å². The van der Waals surface area contributed by atoms with Crippen LogP contribution >= 0.6 is 0 Å². The topological polar surface area (TPSA) is 82.8 Å². The number of piperidine rings is 1. The van der Waals surface area contributed by atoms with Crippen LogP contribution in [0.25, 0.3) is 11.5 Å². The highest BCUT2D eigenvalue weighted by molar-refractivity contribution is 5.80. The summed E-state index contributed by atoms with van der Waals surface area (Å²) in [5.74, 6) is 1.82. The van der Waals surface area contributed by atoms with Gasteiger partial charge >= 0.3 is 0 Å². The van der Waals surface area contributed by atoms with Gasteiger partial charge in [0.2, 0.25) is 11.8 Å². The third kappa shape index (κ3) is 5.62. The molecule has 30 heavy (non-hydrogen) atoms. The van der Waals surface area contributed by atoms with Gasteiger partial charge in [-0.25, -0.2) is 4.98 Å². The summed E-state index contributed by atoms with van der Waals surface area (Å²) in [6.07, 6.45) is 5.35. The molecule has 162 valence electrons. The molecule has 1 aliphatic rings. The highest BCUT2D eigenvalue weighted by Crippen LogP contribution is 2.18. The van der Waals surface area contributed by atoms with Gasteiger partial charge in [0.05, 0.1) is 12.2 Å². The van der Waals surface area contributed by atoms with Crippen molar-refractivity contribution >= 4 is 11.9 Å². The van der Waals surface area contributed by atoms with E-state index in [0.717, 1.165) is 56.0 Å². The molecule has 0 atom stereocenters. The van der Waals surface area contributed by atoms with Crippen molar-refractivity contribution < 1.29 is 9.21 Å². The lowest BCUT2D eigenvalue weighted by Crippen LogP contribution is -2.50. The molecule has 2 N–H and O–H groups in total.